The van der Waals surface area contributed by atoms with E-state index in [0.29, 0.717) is 22.5 Å². The maximum absolute atomic E-state index is 12.9. The fourth-order valence-corrected chi connectivity index (χ4v) is 3.13. The molecule has 2 aromatic heterocycles. The Morgan fingerprint density at radius 1 is 1.04 bits per heavy atom. The molecule has 2 N–H and O–H groups in total. The molecule has 0 radical (unpaired) electrons. The number of imidazole rings is 1. The molecule has 0 unspecified atom stereocenters. The van der Waals surface area contributed by atoms with Crippen LogP contribution >= 0.6 is 0 Å². The summed E-state index contributed by atoms with van der Waals surface area (Å²) in [6, 6.07) is 14.6. The smallest absolute Gasteiger partial charge is 0.274 e. The Labute approximate surface area is 144 Å². The summed E-state index contributed by atoms with van der Waals surface area (Å²) in [6.07, 6.45) is 1.90. The number of aromatic nitrogens is 2. The van der Waals surface area contributed by atoms with Crippen LogP contribution in [0.2, 0.25) is 0 Å². The summed E-state index contributed by atoms with van der Waals surface area (Å²) in [5, 5.41) is 14.4. The number of rotatable bonds is 2. The standard InChI is InChI=1S/C20H17N3O2/c1-12-9-10-18-21-13(2)19(23(18)11-12)20(25)22-16-7-3-6-15-14(16)5-4-8-17(15)24/h3-11,24H,1-2H3,(H,22,25). The average Bonchev–Trinajstić information content (AvgIpc) is 2.91. The molecule has 0 bridgehead atoms. The second-order valence-corrected chi connectivity index (χ2v) is 6.11. The van der Waals surface area contributed by atoms with Crippen LogP contribution in [0.5, 0.6) is 5.75 Å². The molecule has 0 spiro atoms. The summed E-state index contributed by atoms with van der Waals surface area (Å²) in [6.45, 7) is 3.80. The maximum atomic E-state index is 12.9. The first-order chi connectivity index (χ1) is 12.0. The summed E-state index contributed by atoms with van der Waals surface area (Å²) >= 11 is 0. The van der Waals surface area contributed by atoms with Crippen molar-refractivity contribution < 1.29 is 9.90 Å². The highest BCUT2D eigenvalue weighted by Crippen LogP contribution is 2.30. The number of amides is 1. The molecule has 4 aromatic rings. The number of aromatic hydroxyl groups is 1. The molecule has 0 saturated carbocycles. The normalized spacial score (nSPS) is 11.1. The zero-order valence-electron chi connectivity index (χ0n) is 13.9. The Bertz CT molecular complexity index is 1130. The number of hydrogen-bond acceptors (Lipinski definition) is 3. The molecular formula is C20H17N3O2. The third-order valence-electron chi connectivity index (χ3n) is 4.30. The topological polar surface area (TPSA) is 66.6 Å². The third-order valence-corrected chi connectivity index (χ3v) is 4.30. The van der Waals surface area contributed by atoms with Crippen LogP contribution in [0.15, 0.2) is 54.7 Å². The molecule has 0 atom stereocenters. The van der Waals surface area contributed by atoms with Gasteiger partial charge in [0, 0.05) is 22.7 Å². The van der Waals surface area contributed by atoms with E-state index in [4.69, 9.17) is 0 Å². The van der Waals surface area contributed by atoms with Crippen LogP contribution in [-0.4, -0.2) is 20.4 Å². The first-order valence-electron chi connectivity index (χ1n) is 8.02. The van der Waals surface area contributed by atoms with Crippen molar-refractivity contribution in [3.8, 4) is 5.75 Å². The van der Waals surface area contributed by atoms with Crippen LogP contribution in [0.4, 0.5) is 5.69 Å². The number of anilines is 1. The highest BCUT2D eigenvalue weighted by molar-refractivity contribution is 6.10. The van der Waals surface area contributed by atoms with Gasteiger partial charge in [0.15, 0.2) is 0 Å². The van der Waals surface area contributed by atoms with Crippen molar-refractivity contribution in [2.24, 2.45) is 0 Å². The zero-order valence-corrected chi connectivity index (χ0v) is 13.9. The lowest BCUT2D eigenvalue weighted by molar-refractivity contribution is 0.102. The lowest BCUT2D eigenvalue weighted by Gasteiger charge is -2.10. The van der Waals surface area contributed by atoms with Crippen molar-refractivity contribution in [1.82, 2.24) is 9.38 Å². The summed E-state index contributed by atoms with van der Waals surface area (Å²) < 4.78 is 1.81. The first kappa shape index (κ1) is 15.2. The van der Waals surface area contributed by atoms with Crippen molar-refractivity contribution in [3.05, 3.63) is 71.7 Å². The number of pyridine rings is 1. The molecule has 1 amide bonds. The Balaban J connectivity index is 1.80. The largest absolute Gasteiger partial charge is 0.507 e. The van der Waals surface area contributed by atoms with Crippen LogP contribution in [0.1, 0.15) is 21.7 Å². The predicted molar refractivity (Wildman–Crippen MR) is 98.2 cm³/mol. The quantitative estimate of drug-likeness (QED) is 0.582. The van der Waals surface area contributed by atoms with Gasteiger partial charge in [-0.25, -0.2) is 4.98 Å². The van der Waals surface area contributed by atoms with E-state index in [9.17, 15) is 9.90 Å². The Kier molecular flexibility index (Phi) is 3.42. The average molecular weight is 331 g/mol. The maximum Gasteiger partial charge on any atom is 0.274 e. The predicted octanol–water partition coefficient (Wildman–Crippen LogP) is 4.06. The van der Waals surface area contributed by atoms with E-state index < -0.39 is 0 Å². The van der Waals surface area contributed by atoms with Crippen LogP contribution in [-0.2, 0) is 0 Å². The Morgan fingerprint density at radius 2 is 1.80 bits per heavy atom. The molecule has 0 fully saturated rings. The van der Waals surface area contributed by atoms with E-state index in [1.807, 2.05) is 60.8 Å². The molecule has 2 aromatic carbocycles. The van der Waals surface area contributed by atoms with E-state index in [1.165, 1.54) is 0 Å². The van der Waals surface area contributed by atoms with Crippen LogP contribution in [0.3, 0.4) is 0 Å². The second-order valence-electron chi connectivity index (χ2n) is 6.11. The highest BCUT2D eigenvalue weighted by Gasteiger charge is 2.17. The van der Waals surface area contributed by atoms with Crippen LogP contribution in [0.25, 0.3) is 16.4 Å². The number of carbonyl (C=O) groups excluding carboxylic acids is 1. The number of nitrogens with one attached hydrogen (secondary N) is 1. The number of phenolic OH excluding ortho intramolecular Hbond substituents is 1. The van der Waals surface area contributed by atoms with Gasteiger partial charge in [0.2, 0.25) is 0 Å². The molecule has 5 nitrogen and oxygen atoms in total. The minimum atomic E-state index is -0.230. The number of fused-ring (bicyclic) bond motifs is 2. The number of benzene rings is 2. The van der Waals surface area contributed by atoms with E-state index in [1.54, 1.807) is 12.1 Å². The molecule has 124 valence electrons. The number of aryl methyl sites for hydroxylation is 2. The number of phenols is 1. The van der Waals surface area contributed by atoms with Gasteiger partial charge < -0.3 is 10.4 Å². The number of carbonyl (C=O) groups is 1. The fourth-order valence-electron chi connectivity index (χ4n) is 3.13. The summed E-state index contributed by atoms with van der Waals surface area (Å²) in [5.41, 5.74) is 3.63. The summed E-state index contributed by atoms with van der Waals surface area (Å²) in [5.74, 6) is -0.0401. The SMILES string of the molecule is Cc1ccc2nc(C)c(C(=O)Nc3cccc4c(O)cccc34)n2c1. The van der Waals surface area contributed by atoms with Gasteiger partial charge in [-0.2, -0.15) is 0 Å². The van der Waals surface area contributed by atoms with Crippen molar-refractivity contribution in [2.45, 2.75) is 13.8 Å². The Hall–Kier alpha value is -3.34. The van der Waals surface area contributed by atoms with E-state index in [-0.39, 0.29) is 11.7 Å². The van der Waals surface area contributed by atoms with Crippen molar-refractivity contribution in [2.75, 3.05) is 5.32 Å². The molecule has 0 aliphatic carbocycles. The van der Waals surface area contributed by atoms with Gasteiger partial charge in [0.1, 0.15) is 17.1 Å². The van der Waals surface area contributed by atoms with Gasteiger partial charge >= 0.3 is 0 Å². The van der Waals surface area contributed by atoms with Crippen LogP contribution in [0, 0.1) is 13.8 Å². The van der Waals surface area contributed by atoms with Crippen molar-refractivity contribution in [3.63, 3.8) is 0 Å². The molecule has 25 heavy (non-hydrogen) atoms. The minimum Gasteiger partial charge on any atom is -0.507 e. The molecule has 4 rings (SSSR count). The molecule has 5 heteroatoms. The zero-order chi connectivity index (χ0) is 17.6. The Morgan fingerprint density at radius 3 is 2.64 bits per heavy atom. The number of nitrogens with zero attached hydrogens (tertiary/aromatic N) is 2. The minimum absolute atomic E-state index is 0.190. The van der Waals surface area contributed by atoms with Gasteiger partial charge in [-0.15, -0.1) is 0 Å². The van der Waals surface area contributed by atoms with Gasteiger partial charge in [0.05, 0.1) is 5.69 Å². The number of hydrogen-bond donors (Lipinski definition) is 2. The van der Waals surface area contributed by atoms with E-state index in [2.05, 4.69) is 10.3 Å². The molecule has 0 aliphatic heterocycles. The molecule has 0 aliphatic rings. The molecule has 0 saturated heterocycles. The highest BCUT2D eigenvalue weighted by atomic mass is 16.3. The van der Waals surface area contributed by atoms with Crippen LogP contribution < -0.4 is 5.32 Å². The van der Waals surface area contributed by atoms with E-state index in [0.717, 1.165) is 16.6 Å². The van der Waals surface area contributed by atoms with Gasteiger partial charge in [-0.1, -0.05) is 30.3 Å². The first-order valence-corrected chi connectivity index (χ1v) is 8.02. The molecule has 2 heterocycles. The lowest BCUT2D eigenvalue weighted by Crippen LogP contribution is -2.16. The second kappa shape index (κ2) is 5.63. The van der Waals surface area contributed by atoms with Gasteiger partial charge in [0.25, 0.3) is 5.91 Å². The van der Waals surface area contributed by atoms with E-state index >= 15 is 0 Å². The third kappa shape index (κ3) is 2.50. The monoisotopic (exact) mass is 331 g/mol. The fraction of sp³-hybridized carbons (Fsp3) is 0.100. The van der Waals surface area contributed by atoms with Gasteiger partial charge in [-0.05, 0) is 37.6 Å². The summed E-state index contributed by atoms with van der Waals surface area (Å²) in [7, 11) is 0. The summed E-state index contributed by atoms with van der Waals surface area (Å²) in [4.78, 5) is 17.4. The van der Waals surface area contributed by atoms with Crippen molar-refractivity contribution >= 4 is 28.0 Å². The molecular weight excluding hydrogens is 314 g/mol. The van der Waals surface area contributed by atoms with Crippen molar-refractivity contribution in [1.29, 1.82) is 0 Å². The lowest BCUT2D eigenvalue weighted by atomic mass is 10.1. The van der Waals surface area contributed by atoms with Gasteiger partial charge in [-0.3, -0.25) is 9.20 Å².